The van der Waals surface area contributed by atoms with Gasteiger partial charge in [0.1, 0.15) is 22.4 Å². The first-order valence-electron chi connectivity index (χ1n) is 12.7. The Balaban J connectivity index is 1.62. The summed E-state index contributed by atoms with van der Waals surface area (Å²) in [6.45, 7) is 0.611. The van der Waals surface area contributed by atoms with E-state index in [1.807, 2.05) is 18.2 Å². The smallest absolute Gasteiger partial charge is 0.406 e. The molecule has 2 aromatic carbocycles. The zero-order valence-corrected chi connectivity index (χ0v) is 22.0. The highest BCUT2D eigenvalue weighted by Gasteiger charge is 2.35. The summed E-state index contributed by atoms with van der Waals surface area (Å²) in [6, 6.07) is 20.3. The summed E-state index contributed by atoms with van der Waals surface area (Å²) in [7, 11) is 0. The second-order valence-electron chi connectivity index (χ2n) is 9.22. The molecule has 5 nitrogen and oxygen atoms in total. The number of nitrogens with zero attached hydrogens (tertiary/aromatic N) is 2. The van der Waals surface area contributed by atoms with E-state index in [0.717, 1.165) is 0 Å². The molecule has 208 valence electrons. The number of alkyl halides is 5. The number of benzene rings is 2. The molecule has 0 amide bonds. The number of hydrogen-bond donors (Lipinski definition) is 2. The molecule has 40 heavy (non-hydrogen) atoms. The van der Waals surface area contributed by atoms with Crippen LogP contribution in [0.4, 0.5) is 33.6 Å². The second-order valence-corrected chi connectivity index (χ2v) is 10.0. The van der Waals surface area contributed by atoms with E-state index in [-0.39, 0.29) is 23.2 Å². The van der Waals surface area contributed by atoms with Crippen LogP contribution >= 0.6 is 11.9 Å². The van der Waals surface area contributed by atoms with Gasteiger partial charge in [-0.25, -0.2) is 18.7 Å². The van der Waals surface area contributed by atoms with E-state index in [2.05, 4.69) is 24.7 Å². The van der Waals surface area contributed by atoms with Crippen LogP contribution in [0.5, 0.6) is 5.75 Å². The zero-order valence-electron chi connectivity index (χ0n) is 21.1. The molecule has 0 fully saturated rings. The van der Waals surface area contributed by atoms with Crippen LogP contribution in [0.1, 0.15) is 31.2 Å². The molecular formula is C29H25F5N4OS. The lowest BCUT2D eigenvalue weighted by molar-refractivity contribution is -0.274. The van der Waals surface area contributed by atoms with Gasteiger partial charge in [-0.1, -0.05) is 48.9 Å². The van der Waals surface area contributed by atoms with E-state index >= 15 is 8.78 Å². The Kier molecular flexibility index (Phi) is 8.11. The molecule has 4 bridgehead atoms. The van der Waals surface area contributed by atoms with Crippen molar-refractivity contribution in [2.75, 3.05) is 16.6 Å². The molecule has 11 heteroatoms. The Hall–Kier alpha value is -3.86. The first kappa shape index (κ1) is 27.7. The molecule has 0 aliphatic carbocycles. The fourth-order valence-corrected chi connectivity index (χ4v) is 5.11. The van der Waals surface area contributed by atoms with Crippen molar-refractivity contribution in [2.24, 2.45) is 0 Å². The van der Waals surface area contributed by atoms with Crippen LogP contribution in [-0.4, -0.2) is 22.9 Å². The first-order valence-corrected chi connectivity index (χ1v) is 13.5. The van der Waals surface area contributed by atoms with E-state index in [0.29, 0.717) is 53.6 Å². The summed E-state index contributed by atoms with van der Waals surface area (Å²) >= 11 is 1.21. The van der Waals surface area contributed by atoms with Gasteiger partial charge in [0.05, 0.1) is 5.69 Å². The summed E-state index contributed by atoms with van der Waals surface area (Å²) < 4.78 is 77.2. The van der Waals surface area contributed by atoms with E-state index in [4.69, 9.17) is 0 Å². The van der Waals surface area contributed by atoms with Crippen LogP contribution in [0.15, 0.2) is 83.9 Å². The van der Waals surface area contributed by atoms with Gasteiger partial charge in [0.25, 0.3) is 5.92 Å². The Bertz CT molecular complexity index is 1480. The summed E-state index contributed by atoms with van der Waals surface area (Å²) in [5.41, 5.74) is 0.940. The predicted molar refractivity (Wildman–Crippen MR) is 146 cm³/mol. The number of pyridine rings is 2. The van der Waals surface area contributed by atoms with Gasteiger partial charge in [0.2, 0.25) is 0 Å². The maximum absolute atomic E-state index is 15.7. The second kappa shape index (κ2) is 11.7. The molecule has 1 aliphatic heterocycles. The van der Waals surface area contributed by atoms with Crippen molar-refractivity contribution in [3.63, 3.8) is 0 Å². The predicted octanol–water partition coefficient (Wildman–Crippen LogP) is 8.91. The molecule has 2 aromatic heterocycles. The van der Waals surface area contributed by atoms with Gasteiger partial charge in [-0.3, -0.25) is 0 Å². The van der Waals surface area contributed by atoms with Gasteiger partial charge in [-0.05, 0) is 54.8 Å². The molecule has 4 aromatic rings. The van der Waals surface area contributed by atoms with Gasteiger partial charge < -0.3 is 14.8 Å². The normalized spacial score (nSPS) is 15.6. The van der Waals surface area contributed by atoms with Crippen LogP contribution < -0.4 is 14.8 Å². The number of hydrogen-bond acceptors (Lipinski definition) is 6. The number of halogens is 5. The van der Waals surface area contributed by atoms with Crippen molar-refractivity contribution in [1.29, 1.82) is 0 Å². The fraction of sp³-hybridized carbons (Fsp3) is 0.241. The third kappa shape index (κ3) is 6.82. The molecular weight excluding hydrogens is 547 g/mol. The summed E-state index contributed by atoms with van der Waals surface area (Å²) in [4.78, 5) is 9.24. The van der Waals surface area contributed by atoms with Crippen molar-refractivity contribution in [2.45, 2.75) is 43.0 Å². The number of nitrogens with one attached hydrogen (secondary N) is 2. The molecule has 0 unspecified atom stereocenters. The number of aromatic nitrogens is 2. The number of fused-ring (bicyclic) bond motifs is 6. The van der Waals surface area contributed by atoms with Crippen molar-refractivity contribution in [1.82, 2.24) is 9.97 Å². The lowest BCUT2D eigenvalue weighted by Crippen LogP contribution is -2.17. The van der Waals surface area contributed by atoms with Crippen molar-refractivity contribution < 1.29 is 26.7 Å². The summed E-state index contributed by atoms with van der Waals surface area (Å²) in [5, 5.41) is 3.90. The first-order chi connectivity index (χ1) is 19.2. The van der Waals surface area contributed by atoms with Crippen LogP contribution in [0.2, 0.25) is 0 Å². The maximum atomic E-state index is 15.7. The summed E-state index contributed by atoms with van der Waals surface area (Å²) in [5.74, 6) is -2.52. The van der Waals surface area contributed by atoms with Crippen molar-refractivity contribution >= 4 is 23.6 Å². The number of rotatable bonds is 2. The monoisotopic (exact) mass is 572 g/mol. The van der Waals surface area contributed by atoms with Crippen LogP contribution in [-0.2, 0) is 5.92 Å². The molecule has 0 spiro atoms. The van der Waals surface area contributed by atoms with Crippen molar-refractivity contribution in [3.05, 3.63) is 84.4 Å². The van der Waals surface area contributed by atoms with Crippen LogP contribution in [0, 0.1) is 0 Å². The molecule has 1 aliphatic rings. The van der Waals surface area contributed by atoms with Gasteiger partial charge >= 0.3 is 6.36 Å². The topological polar surface area (TPSA) is 59.1 Å². The molecule has 3 heterocycles. The minimum atomic E-state index is -4.87. The lowest BCUT2D eigenvalue weighted by Gasteiger charge is -2.22. The highest BCUT2D eigenvalue weighted by Crippen LogP contribution is 2.43. The third-order valence-electron chi connectivity index (χ3n) is 6.31. The average molecular weight is 573 g/mol. The Morgan fingerprint density at radius 3 is 2.48 bits per heavy atom. The van der Waals surface area contributed by atoms with Gasteiger partial charge in [0, 0.05) is 41.6 Å². The minimum absolute atomic E-state index is 0.188. The Morgan fingerprint density at radius 2 is 1.62 bits per heavy atom. The Labute approximate surface area is 232 Å². The average Bonchev–Trinajstić information content (AvgIpc) is 2.93. The molecule has 5 rings (SSSR count). The number of anilines is 2. The van der Waals surface area contributed by atoms with E-state index in [1.54, 1.807) is 36.4 Å². The van der Waals surface area contributed by atoms with E-state index in [9.17, 15) is 13.2 Å². The molecule has 0 saturated carbocycles. The molecule has 0 atom stereocenters. The molecule has 2 N–H and O–H groups in total. The standard InChI is InChI=1S/C29H25F5N4OS/c30-28(31)16-4-1-5-17-35-24-12-7-13-26(36-24)40-38-25-15-14-21(27(37-25)22-10-2-3-11-23(22)28)19-8-6-9-20(18-19)39-29(32,33)34/h2-3,6-15,18H,1,4-5,16-17H2,(H,35,36)(H,37,38). The molecule has 0 saturated heterocycles. The lowest BCUT2D eigenvalue weighted by atomic mass is 9.91. The largest absolute Gasteiger partial charge is 0.573 e. The fourth-order valence-electron chi connectivity index (χ4n) is 4.50. The van der Waals surface area contributed by atoms with Crippen LogP contribution in [0.25, 0.3) is 22.4 Å². The van der Waals surface area contributed by atoms with Gasteiger partial charge in [-0.2, -0.15) is 0 Å². The quantitative estimate of drug-likeness (QED) is 0.185. The summed E-state index contributed by atoms with van der Waals surface area (Å²) in [6.07, 6.45) is -3.61. The SMILES string of the molecule is FC(F)(F)Oc1cccc(-c2ccc3nc2-c2ccccc2C(F)(F)CCCCCNc2cccc(n2)SN3)c1. The van der Waals surface area contributed by atoms with Crippen LogP contribution in [0.3, 0.4) is 0 Å². The van der Waals surface area contributed by atoms with Crippen molar-refractivity contribution in [3.8, 4) is 28.1 Å². The maximum Gasteiger partial charge on any atom is 0.573 e. The third-order valence-corrected chi connectivity index (χ3v) is 7.06. The Morgan fingerprint density at radius 1 is 0.800 bits per heavy atom. The van der Waals surface area contributed by atoms with E-state index in [1.165, 1.54) is 36.2 Å². The number of ether oxygens (including phenoxy) is 1. The van der Waals surface area contributed by atoms with Gasteiger partial charge in [-0.15, -0.1) is 13.2 Å². The van der Waals surface area contributed by atoms with Gasteiger partial charge in [0.15, 0.2) is 0 Å². The highest BCUT2D eigenvalue weighted by atomic mass is 32.2. The zero-order chi connectivity index (χ0) is 28.2. The minimum Gasteiger partial charge on any atom is -0.406 e. The highest BCUT2D eigenvalue weighted by molar-refractivity contribution is 8.00. The van der Waals surface area contributed by atoms with E-state index < -0.39 is 18.0 Å². The molecule has 0 radical (unpaired) electrons.